The maximum Gasteiger partial charge on any atom is 0.317 e. The molecule has 3 atom stereocenters. The summed E-state index contributed by atoms with van der Waals surface area (Å²) in [7, 11) is 0. The highest BCUT2D eigenvalue weighted by Crippen LogP contribution is 2.44. The van der Waals surface area contributed by atoms with E-state index in [2.05, 4.69) is 59.1 Å². The zero-order chi connectivity index (χ0) is 24.4. The van der Waals surface area contributed by atoms with Crippen LogP contribution in [0, 0.1) is 0 Å². The Morgan fingerprint density at radius 1 is 1.17 bits per heavy atom. The molecule has 1 aliphatic carbocycles. The van der Waals surface area contributed by atoms with Crippen LogP contribution in [0.5, 0.6) is 0 Å². The summed E-state index contributed by atoms with van der Waals surface area (Å²) >= 11 is 0. The van der Waals surface area contributed by atoms with Gasteiger partial charge in [-0.1, -0.05) is 19.1 Å². The molecule has 3 aliphatic rings. The van der Waals surface area contributed by atoms with E-state index in [4.69, 9.17) is 4.74 Å². The smallest absolute Gasteiger partial charge is 0.317 e. The Labute approximate surface area is 210 Å². The number of carbonyl (C=O) groups excluding carboxylic acids is 1. The number of piperidine rings is 1. The number of H-pyrrole nitrogens is 1. The number of benzene rings is 1. The first kappa shape index (κ1) is 24.6. The SMILES string of the molecule is CCCN1CC(NC(=O)N(CC)CC)C[C@@H]2c3cccc4[nH]c(CCN5CCOCC5)c(c34)C[C@H]21. The molecule has 7 heteroatoms. The van der Waals surface area contributed by atoms with Gasteiger partial charge < -0.3 is 19.9 Å². The van der Waals surface area contributed by atoms with Crippen LogP contribution in [0.2, 0.25) is 0 Å². The van der Waals surface area contributed by atoms with E-state index in [1.807, 2.05) is 4.90 Å². The number of likely N-dealkylation sites (tertiary alicyclic amines) is 1. The molecule has 2 fully saturated rings. The first-order chi connectivity index (χ1) is 17.1. The minimum Gasteiger partial charge on any atom is -0.379 e. The molecule has 192 valence electrons. The molecule has 1 aromatic heterocycles. The molecule has 2 N–H and O–H groups in total. The Bertz CT molecular complexity index is 1010. The third-order valence-electron chi connectivity index (χ3n) is 8.46. The normalized spacial score (nSPS) is 24.9. The van der Waals surface area contributed by atoms with Gasteiger partial charge in [0, 0.05) is 80.3 Å². The van der Waals surface area contributed by atoms with Crippen LogP contribution in [-0.2, 0) is 17.6 Å². The predicted molar refractivity (Wildman–Crippen MR) is 141 cm³/mol. The molecule has 1 unspecified atom stereocenters. The summed E-state index contributed by atoms with van der Waals surface area (Å²) < 4.78 is 5.54. The molecular weight excluding hydrogens is 438 g/mol. The molecule has 0 bridgehead atoms. The van der Waals surface area contributed by atoms with E-state index in [1.165, 1.54) is 27.7 Å². The van der Waals surface area contributed by atoms with Gasteiger partial charge in [-0.3, -0.25) is 9.80 Å². The molecule has 3 heterocycles. The van der Waals surface area contributed by atoms with Crippen LogP contribution in [0.3, 0.4) is 0 Å². The van der Waals surface area contributed by atoms with Crippen LogP contribution in [0.4, 0.5) is 4.79 Å². The van der Waals surface area contributed by atoms with Crippen molar-refractivity contribution in [3.63, 3.8) is 0 Å². The average Bonchev–Trinajstić information content (AvgIpc) is 3.23. The summed E-state index contributed by atoms with van der Waals surface area (Å²) in [5.74, 6) is 0.455. The van der Waals surface area contributed by atoms with Gasteiger partial charge in [-0.15, -0.1) is 0 Å². The van der Waals surface area contributed by atoms with Gasteiger partial charge in [-0.25, -0.2) is 4.79 Å². The van der Waals surface area contributed by atoms with Crippen molar-refractivity contribution in [2.75, 3.05) is 59.0 Å². The maximum absolute atomic E-state index is 12.9. The maximum atomic E-state index is 12.9. The topological polar surface area (TPSA) is 63.8 Å². The average molecular weight is 482 g/mol. The summed E-state index contributed by atoms with van der Waals surface area (Å²) in [5, 5.41) is 4.84. The van der Waals surface area contributed by atoms with Crippen molar-refractivity contribution in [1.82, 2.24) is 25.0 Å². The second-order valence-corrected chi connectivity index (χ2v) is 10.5. The van der Waals surface area contributed by atoms with Crippen LogP contribution in [-0.4, -0.2) is 96.8 Å². The van der Waals surface area contributed by atoms with Crippen LogP contribution in [0.15, 0.2) is 18.2 Å². The zero-order valence-electron chi connectivity index (χ0n) is 21.8. The second kappa shape index (κ2) is 10.9. The summed E-state index contributed by atoms with van der Waals surface area (Å²) in [6, 6.07) is 7.58. The summed E-state index contributed by atoms with van der Waals surface area (Å²) in [4.78, 5) is 23.8. The lowest BCUT2D eigenvalue weighted by Gasteiger charge is -2.47. The van der Waals surface area contributed by atoms with Crippen molar-refractivity contribution < 1.29 is 9.53 Å². The lowest BCUT2D eigenvalue weighted by molar-refractivity contribution is 0.0383. The molecule has 2 saturated heterocycles. The Kier molecular flexibility index (Phi) is 7.65. The number of amides is 2. The van der Waals surface area contributed by atoms with E-state index in [0.29, 0.717) is 12.0 Å². The number of hydrogen-bond acceptors (Lipinski definition) is 4. The largest absolute Gasteiger partial charge is 0.379 e. The number of carbonyl (C=O) groups is 1. The first-order valence-electron chi connectivity index (χ1n) is 13.8. The quantitative estimate of drug-likeness (QED) is 0.605. The van der Waals surface area contributed by atoms with E-state index in [-0.39, 0.29) is 12.1 Å². The number of rotatable bonds is 8. The van der Waals surface area contributed by atoms with Gasteiger partial charge in [-0.05, 0) is 56.8 Å². The summed E-state index contributed by atoms with van der Waals surface area (Å²) in [6.45, 7) is 14.8. The Morgan fingerprint density at radius 3 is 2.71 bits per heavy atom. The van der Waals surface area contributed by atoms with E-state index in [9.17, 15) is 4.79 Å². The van der Waals surface area contributed by atoms with E-state index < -0.39 is 0 Å². The fourth-order valence-electron chi connectivity index (χ4n) is 6.69. The van der Waals surface area contributed by atoms with Crippen molar-refractivity contribution in [2.45, 2.75) is 64.5 Å². The molecule has 2 amide bonds. The van der Waals surface area contributed by atoms with Crippen molar-refractivity contribution in [3.8, 4) is 0 Å². The predicted octanol–water partition coefficient (Wildman–Crippen LogP) is 3.59. The molecular formula is C28H43N5O2. The first-order valence-corrected chi connectivity index (χ1v) is 13.8. The lowest BCUT2D eigenvalue weighted by atomic mass is 9.73. The van der Waals surface area contributed by atoms with Gasteiger partial charge in [0.05, 0.1) is 13.2 Å². The molecule has 2 aromatic rings. The minimum atomic E-state index is 0.0802. The van der Waals surface area contributed by atoms with Crippen LogP contribution >= 0.6 is 0 Å². The zero-order valence-corrected chi connectivity index (χ0v) is 21.8. The number of aromatic amines is 1. The highest BCUT2D eigenvalue weighted by Gasteiger charge is 2.41. The van der Waals surface area contributed by atoms with Gasteiger partial charge in [0.25, 0.3) is 0 Å². The van der Waals surface area contributed by atoms with Crippen molar-refractivity contribution in [3.05, 3.63) is 35.0 Å². The molecule has 0 saturated carbocycles. The Hall–Kier alpha value is -2.09. The number of aromatic nitrogens is 1. The third kappa shape index (κ3) is 4.95. The molecule has 5 rings (SSSR count). The van der Waals surface area contributed by atoms with Crippen molar-refractivity contribution in [2.24, 2.45) is 0 Å². The monoisotopic (exact) mass is 481 g/mol. The van der Waals surface area contributed by atoms with E-state index >= 15 is 0 Å². The summed E-state index contributed by atoms with van der Waals surface area (Å²) in [6.07, 6.45) is 4.33. The van der Waals surface area contributed by atoms with Gasteiger partial charge in [0.2, 0.25) is 0 Å². The lowest BCUT2D eigenvalue weighted by Crippen LogP contribution is -2.58. The Morgan fingerprint density at radius 2 is 1.97 bits per heavy atom. The number of nitrogens with one attached hydrogen (secondary N) is 2. The fourth-order valence-corrected chi connectivity index (χ4v) is 6.69. The van der Waals surface area contributed by atoms with Crippen molar-refractivity contribution in [1.29, 1.82) is 0 Å². The molecule has 35 heavy (non-hydrogen) atoms. The van der Waals surface area contributed by atoms with Gasteiger partial charge >= 0.3 is 6.03 Å². The number of fused-ring (bicyclic) bond motifs is 2. The van der Waals surface area contributed by atoms with Gasteiger partial charge in [-0.2, -0.15) is 0 Å². The minimum absolute atomic E-state index is 0.0802. The second-order valence-electron chi connectivity index (χ2n) is 10.5. The third-order valence-corrected chi connectivity index (χ3v) is 8.46. The highest BCUT2D eigenvalue weighted by molar-refractivity contribution is 5.89. The van der Waals surface area contributed by atoms with E-state index in [1.54, 1.807) is 0 Å². The van der Waals surface area contributed by atoms with Gasteiger partial charge in [0.15, 0.2) is 0 Å². The summed E-state index contributed by atoms with van der Waals surface area (Å²) in [5.41, 5.74) is 5.72. The number of nitrogens with zero attached hydrogens (tertiary/aromatic N) is 3. The fraction of sp³-hybridized carbons (Fsp3) is 0.679. The molecule has 1 aromatic carbocycles. The van der Waals surface area contributed by atoms with Crippen LogP contribution in [0.25, 0.3) is 10.9 Å². The molecule has 0 spiro atoms. The molecule has 2 aliphatic heterocycles. The Balaban J connectivity index is 1.41. The number of hydrogen-bond donors (Lipinski definition) is 2. The van der Waals surface area contributed by atoms with Crippen molar-refractivity contribution >= 4 is 16.9 Å². The highest BCUT2D eigenvalue weighted by atomic mass is 16.5. The van der Waals surface area contributed by atoms with Gasteiger partial charge in [0.1, 0.15) is 0 Å². The number of ether oxygens (including phenoxy) is 1. The standard InChI is InChI=1S/C28H43N5O2/c1-4-11-33-19-20(29-28(34)32(5-2)6-3)17-22-21-8-7-9-25-27(21)23(18-26(22)33)24(30-25)10-12-31-13-15-35-16-14-31/h7-9,20,22,26,30H,4-6,10-19H2,1-3H3,(H,29,34)/t20?,22-,26-/m1/s1. The number of urea groups is 1. The molecule has 7 nitrogen and oxygen atoms in total. The van der Waals surface area contributed by atoms with Crippen LogP contribution in [0.1, 0.15) is 56.4 Å². The van der Waals surface area contributed by atoms with Crippen LogP contribution < -0.4 is 5.32 Å². The molecule has 0 radical (unpaired) electrons. The van der Waals surface area contributed by atoms with E-state index in [0.717, 1.165) is 84.7 Å². The number of morpholine rings is 1.